The lowest BCUT2D eigenvalue weighted by atomic mass is 10.1. The molecular weight excluding hydrogens is 399 g/mol. The number of rotatable bonds is 7. The number of piperazine rings is 1. The van der Waals surface area contributed by atoms with Gasteiger partial charge in [-0.3, -0.25) is 14.5 Å². The average Bonchev–Trinajstić information content (AvgIpc) is 2.76. The molecule has 3 rings (SSSR count). The second-order valence-corrected chi connectivity index (χ2v) is 7.99. The van der Waals surface area contributed by atoms with Crippen LogP contribution in [-0.4, -0.2) is 60.6 Å². The van der Waals surface area contributed by atoms with Crippen molar-refractivity contribution in [3.05, 3.63) is 65.5 Å². The van der Waals surface area contributed by atoms with E-state index in [0.29, 0.717) is 12.3 Å². The van der Waals surface area contributed by atoms with Crippen LogP contribution < -0.4 is 4.74 Å². The molecule has 2 aromatic rings. The first-order valence-corrected chi connectivity index (χ1v) is 10.4. The Labute approximate surface area is 182 Å². The maximum atomic E-state index is 13.1. The first kappa shape index (κ1) is 22.7. The lowest BCUT2D eigenvalue weighted by molar-refractivity contribution is -0.140. The maximum Gasteiger partial charge on any atom is 0.309 e. The van der Waals surface area contributed by atoms with E-state index >= 15 is 0 Å². The normalized spacial score (nSPS) is 19.2. The molecule has 1 aliphatic heterocycles. The number of carbonyl (C=O) groups excluding carboxylic acids is 2. The molecule has 1 amide bonds. The third-order valence-corrected chi connectivity index (χ3v) is 5.60. The Balaban J connectivity index is 1.50. The van der Waals surface area contributed by atoms with E-state index in [2.05, 4.69) is 16.6 Å². The quantitative estimate of drug-likeness (QED) is 0.635. The lowest BCUT2D eigenvalue weighted by Crippen LogP contribution is -2.58. The third-order valence-electron chi connectivity index (χ3n) is 5.60. The van der Waals surface area contributed by atoms with Gasteiger partial charge in [-0.25, -0.2) is 4.39 Å². The molecule has 1 heterocycles. The van der Waals surface area contributed by atoms with E-state index in [1.54, 1.807) is 36.4 Å². The first-order valence-electron chi connectivity index (χ1n) is 10.4. The Morgan fingerprint density at radius 1 is 0.968 bits per heavy atom. The highest BCUT2D eigenvalue weighted by atomic mass is 19.1. The SMILES string of the molecule is COC(=O)Cc1ccc(OCC(=O)N2C[C@@H](C)N(Cc3ccc(F)cc3)C[C@@H]2C)cc1. The molecule has 0 N–H and O–H groups in total. The van der Waals surface area contributed by atoms with Crippen molar-refractivity contribution >= 4 is 11.9 Å². The number of halogens is 1. The number of carbonyl (C=O) groups is 2. The van der Waals surface area contributed by atoms with Gasteiger partial charge in [0.05, 0.1) is 13.5 Å². The molecule has 0 saturated carbocycles. The molecule has 31 heavy (non-hydrogen) atoms. The number of hydrogen-bond donors (Lipinski definition) is 0. The Kier molecular flexibility index (Phi) is 7.63. The number of amides is 1. The molecule has 0 aliphatic carbocycles. The van der Waals surface area contributed by atoms with Crippen LogP contribution in [0.3, 0.4) is 0 Å². The van der Waals surface area contributed by atoms with Crippen LogP contribution >= 0.6 is 0 Å². The lowest BCUT2D eigenvalue weighted by Gasteiger charge is -2.44. The minimum absolute atomic E-state index is 0.0363. The highest BCUT2D eigenvalue weighted by molar-refractivity contribution is 5.78. The van der Waals surface area contributed by atoms with Crippen molar-refractivity contribution in [2.75, 3.05) is 26.8 Å². The topological polar surface area (TPSA) is 59.1 Å². The van der Waals surface area contributed by atoms with Crippen molar-refractivity contribution in [2.45, 2.75) is 38.9 Å². The number of ether oxygens (including phenoxy) is 2. The van der Waals surface area contributed by atoms with E-state index < -0.39 is 0 Å². The summed E-state index contributed by atoms with van der Waals surface area (Å²) in [5.74, 6) is -0.0127. The molecule has 0 bridgehead atoms. The zero-order valence-corrected chi connectivity index (χ0v) is 18.2. The summed E-state index contributed by atoms with van der Waals surface area (Å²) in [7, 11) is 1.36. The molecule has 0 radical (unpaired) electrons. The standard InChI is InChI=1S/C24H29FN2O4/c1-17-14-27(18(2)13-26(17)15-20-4-8-21(25)9-5-20)23(28)16-31-22-10-6-19(7-11-22)12-24(29)30-3/h4-11,17-18H,12-16H2,1-3H3/t17-,18+/m1/s1. The van der Waals surface area contributed by atoms with Gasteiger partial charge < -0.3 is 14.4 Å². The summed E-state index contributed by atoms with van der Waals surface area (Å²) in [6, 6.07) is 13.9. The van der Waals surface area contributed by atoms with Crippen LogP contribution in [0.5, 0.6) is 5.75 Å². The van der Waals surface area contributed by atoms with Crippen molar-refractivity contribution in [1.82, 2.24) is 9.80 Å². The van der Waals surface area contributed by atoms with E-state index in [0.717, 1.165) is 24.2 Å². The van der Waals surface area contributed by atoms with Gasteiger partial charge in [-0.15, -0.1) is 0 Å². The number of esters is 1. The summed E-state index contributed by atoms with van der Waals surface area (Å²) >= 11 is 0. The monoisotopic (exact) mass is 428 g/mol. The summed E-state index contributed by atoms with van der Waals surface area (Å²) in [6.45, 7) is 6.17. The van der Waals surface area contributed by atoms with Gasteiger partial charge in [0.25, 0.3) is 5.91 Å². The van der Waals surface area contributed by atoms with Gasteiger partial charge in [0, 0.05) is 31.7 Å². The van der Waals surface area contributed by atoms with Crippen LogP contribution in [0.25, 0.3) is 0 Å². The van der Waals surface area contributed by atoms with Gasteiger partial charge >= 0.3 is 5.97 Å². The zero-order chi connectivity index (χ0) is 22.4. The molecule has 0 aromatic heterocycles. The molecule has 0 unspecified atom stereocenters. The van der Waals surface area contributed by atoms with Crippen molar-refractivity contribution in [2.24, 2.45) is 0 Å². The number of nitrogens with zero attached hydrogens (tertiary/aromatic N) is 2. The van der Waals surface area contributed by atoms with Crippen molar-refractivity contribution in [3.8, 4) is 5.75 Å². The predicted molar refractivity (Wildman–Crippen MR) is 115 cm³/mol. The molecule has 2 atom stereocenters. The summed E-state index contributed by atoms with van der Waals surface area (Å²) in [5.41, 5.74) is 1.88. The van der Waals surface area contributed by atoms with Crippen molar-refractivity contribution < 1.29 is 23.5 Å². The summed E-state index contributed by atoms with van der Waals surface area (Å²) in [5, 5.41) is 0. The second kappa shape index (κ2) is 10.4. The second-order valence-electron chi connectivity index (χ2n) is 7.99. The number of benzene rings is 2. The minimum Gasteiger partial charge on any atom is -0.484 e. The largest absolute Gasteiger partial charge is 0.484 e. The van der Waals surface area contributed by atoms with E-state index in [9.17, 15) is 14.0 Å². The van der Waals surface area contributed by atoms with Crippen LogP contribution in [0.4, 0.5) is 4.39 Å². The summed E-state index contributed by atoms with van der Waals surface area (Å²) in [6.07, 6.45) is 0.202. The number of hydrogen-bond acceptors (Lipinski definition) is 5. The smallest absolute Gasteiger partial charge is 0.309 e. The van der Waals surface area contributed by atoms with Gasteiger partial charge in [-0.1, -0.05) is 24.3 Å². The Morgan fingerprint density at radius 2 is 1.61 bits per heavy atom. The Morgan fingerprint density at radius 3 is 2.26 bits per heavy atom. The third kappa shape index (κ3) is 6.28. The van der Waals surface area contributed by atoms with E-state index in [4.69, 9.17) is 4.74 Å². The average molecular weight is 429 g/mol. The predicted octanol–water partition coefficient (Wildman–Crippen LogP) is 3.04. The molecule has 0 spiro atoms. The molecular formula is C24H29FN2O4. The van der Waals surface area contributed by atoms with Crippen LogP contribution in [0.1, 0.15) is 25.0 Å². The molecule has 1 fully saturated rings. The summed E-state index contributed by atoms with van der Waals surface area (Å²) in [4.78, 5) is 28.3. The van der Waals surface area contributed by atoms with Gasteiger partial charge in [0.2, 0.25) is 0 Å². The maximum absolute atomic E-state index is 13.1. The summed E-state index contributed by atoms with van der Waals surface area (Å²) < 4.78 is 23.5. The van der Waals surface area contributed by atoms with Crippen molar-refractivity contribution in [1.29, 1.82) is 0 Å². The van der Waals surface area contributed by atoms with Gasteiger partial charge in [0.1, 0.15) is 11.6 Å². The van der Waals surface area contributed by atoms with Crippen LogP contribution in [0, 0.1) is 5.82 Å². The van der Waals surface area contributed by atoms with Gasteiger partial charge in [-0.2, -0.15) is 0 Å². The minimum atomic E-state index is -0.300. The fraction of sp³-hybridized carbons (Fsp3) is 0.417. The fourth-order valence-electron chi connectivity index (χ4n) is 3.76. The Hall–Kier alpha value is -2.93. The molecule has 166 valence electrons. The van der Waals surface area contributed by atoms with E-state index in [1.807, 2.05) is 11.8 Å². The molecule has 6 nitrogen and oxygen atoms in total. The van der Waals surface area contributed by atoms with Gasteiger partial charge in [-0.05, 0) is 49.2 Å². The van der Waals surface area contributed by atoms with Crippen LogP contribution in [-0.2, 0) is 27.3 Å². The van der Waals surface area contributed by atoms with Crippen LogP contribution in [0.15, 0.2) is 48.5 Å². The van der Waals surface area contributed by atoms with E-state index in [-0.39, 0.29) is 42.8 Å². The molecule has 1 aliphatic rings. The molecule has 7 heteroatoms. The first-order chi connectivity index (χ1) is 14.9. The van der Waals surface area contributed by atoms with Crippen molar-refractivity contribution in [3.63, 3.8) is 0 Å². The number of methoxy groups -OCH3 is 1. The van der Waals surface area contributed by atoms with Crippen LogP contribution in [0.2, 0.25) is 0 Å². The highest BCUT2D eigenvalue weighted by Crippen LogP contribution is 2.19. The highest BCUT2D eigenvalue weighted by Gasteiger charge is 2.32. The van der Waals surface area contributed by atoms with Gasteiger partial charge in [0.15, 0.2) is 6.61 Å². The zero-order valence-electron chi connectivity index (χ0n) is 18.2. The fourth-order valence-corrected chi connectivity index (χ4v) is 3.76. The Bertz CT molecular complexity index is 885. The molecule has 1 saturated heterocycles. The van der Waals surface area contributed by atoms with E-state index in [1.165, 1.54) is 19.2 Å². The molecule has 2 aromatic carbocycles.